The van der Waals surface area contributed by atoms with Crippen LogP contribution in [0.5, 0.6) is 0 Å². The predicted octanol–water partition coefficient (Wildman–Crippen LogP) is 4.72. The molecule has 2 aromatic carbocycles. The van der Waals surface area contributed by atoms with Gasteiger partial charge in [-0.15, -0.1) is 0 Å². The van der Waals surface area contributed by atoms with Gasteiger partial charge in [-0.25, -0.2) is 0 Å². The number of nitrogens with one attached hydrogen (secondary N) is 1. The van der Waals surface area contributed by atoms with Crippen LogP contribution in [-0.2, 0) is 0 Å². The maximum atomic E-state index is 6.34. The summed E-state index contributed by atoms with van der Waals surface area (Å²) in [6, 6.07) is 16.0. The standard InChI is InChI=1S/C17H15Cl2N2/c1-12(15-8-7-14(18)9-16(15)19)21-11-20-10-17(21)13-5-3-2-4-6-13/h2-9,12,20H,11H2,1H3. The van der Waals surface area contributed by atoms with Gasteiger partial charge in [-0.3, -0.25) is 0 Å². The van der Waals surface area contributed by atoms with Gasteiger partial charge in [-0.1, -0.05) is 59.6 Å². The first kappa shape index (κ1) is 14.3. The molecule has 0 fully saturated rings. The van der Waals surface area contributed by atoms with Gasteiger partial charge in [0.15, 0.2) is 0 Å². The molecule has 0 aliphatic carbocycles. The Balaban J connectivity index is 1.91. The highest BCUT2D eigenvalue weighted by Gasteiger charge is 2.24. The van der Waals surface area contributed by atoms with Crippen molar-refractivity contribution in [1.82, 2.24) is 10.2 Å². The molecule has 1 unspecified atom stereocenters. The Hall–Kier alpha value is -1.64. The summed E-state index contributed by atoms with van der Waals surface area (Å²) in [4.78, 5) is 2.24. The van der Waals surface area contributed by atoms with Gasteiger partial charge in [0.05, 0.1) is 24.6 Å². The fourth-order valence-corrected chi connectivity index (χ4v) is 3.10. The highest BCUT2D eigenvalue weighted by Crippen LogP contribution is 2.34. The zero-order chi connectivity index (χ0) is 14.8. The van der Waals surface area contributed by atoms with E-state index in [2.05, 4.69) is 35.5 Å². The van der Waals surface area contributed by atoms with Crippen LogP contribution in [0.25, 0.3) is 5.70 Å². The second-order valence-electron chi connectivity index (χ2n) is 4.99. The van der Waals surface area contributed by atoms with Crippen LogP contribution >= 0.6 is 23.2 Å². The molecule has 0 saturated heterocycles. The van der Waals surface area contributed by atoms with E-state index < -0.39 is 0 Å². The fourth-order valence-electron chi connectivity index (χ4n) is 2.53. The third-order valence-electron chi connectivity index (χ3n) is 3.67. The summed E-state index contributed by atoms with van der Waals surface area (Å²) in [7, 11) is 0. The zero-order valence-electron chi connectivity index (χ0n) is 11.6. The number of halogens is 2. The van der Waals surface area contributed by atoms with Crippen molar-refractivity contribution in [2.75, 3.05) is 6.67 Å². The van der Waals surface area contributed by atoms with Crippen molar-refractivity contribution in [3.05, 3.63) is 75.9 Å². The van der Waals surface area contributed by atoms with E-state index in [-0.39, 0.29) is 6.04 Å². The summed E-state index contributed by atoms with van der Waals surface area (Å²) in [6.07, 6.45) is 3.23. The molecule has 1 N–H and O–H groups in total. The fraction of sp³-hybridized carbons (Fsp3) is 0.176. The Kier molecular flexibility index (Phi) is 4.09. The first-order valence-corrected chi connectivity index (χ1v) is 7.55. The SMILES string of the molecule is CC(c1ccc(Cl)cc1Cl)N1CN[C]=C1c1ccccc1. The van der Waals surface area contributed by atoms with Crippen molar-refractivity contribution >= 4 is 28.9 Å². The van der Waals surface area contributed by atoms with Crippen molar-refractivity contribution in [2.24, 2.45) is 0 Å². The van der Waals surface area contributed by atoms with Gasteiger partial charge >= 0.3 is 0 Å². The Morgan fingerprint density at radius 2 is 1.90 bits per heavy atom. The maximum absolute atomic E-state index is 6.34. The van der Waals surface area contributed by atoms with E-state index in [4.69, 9.17) is 23.2 Å². The predicted molar refractivity (Wildman–Crippen MR) is 87.8 cm³/mol. The average Bonchev–Trinajstić information content (AvgIpc) is 2.97. The molecule has 1 aliphatic heterocycles. The minimum atomic E-state index is 0.132. The molecule has 0 aromatic heterocycles. The Bertz CT molecular complexity index is 668. The topological polar surface area (TPSA) is 15.3 Å². The molecule has 2 nitrogen and oxygen atoms in total. The second kappa shape index (κ2) is 6.00. The monoisotopic (exact) mass is 317 g/mol. The average molecular weight is 318 g/mol. The molecular weight excluding hydrogens is 303 g/mol. The van der Waals surface area contributed by atoms with Crippen LogP contribution in [0.4, 0.5) is 0 Å². The van der Waals surface area contributed by atoms with Crippen LogP contribution in [-0.4, -0.2) is 11.6 Å². The number of benzene rings is 2. The molecule has 1 atom stereocenters. The lowest BCUT2D eigenvalue weighted by atomic mass is 10.0. The van der Waals surface area contributed by atoms with Crippen molar-refractivity contribution < 1.29 is 0 Å². The van der Waals surface area contributed by atoms with Crippen LogP contribution < -0.4 is 5.32 Å². The zero-order valence-corrected chi connectivity index (χ0v) is 13.1. The van der Waals surface area contributed by atoms with E-state index in [0.717, 1.165) is 16.8 Å². The molecule has 0 saturated carbocycles. The van der Waals surface area contributed by atoms with Crippen LogP contribution in [0.15, 0.2) is 48.5 Å². The number of rotatable bonds is 3. The minimum absolute atomic E-state index is 0.132. The highest BCUT2D eigenvalue weighted by molar-refractivity contribution is 6.35. The van der Waals surface area contributed by atoms with Crippen molar-refractivity contribution in [2.45, 2.75) is 13.0 Å². The number of hydrogen-bond acceptors (Lipinski definition) is 2. The minimum Gasteiger partial charge on any atom is -0.364 e. The molecule has 0 spiro atoms. The third-order valence-corrected chi connectivity index (χ3v) is 4.23. The van der Waals surface area contributed by atoms with E-state index in [9.17, 15) is 0 Å². The quantitative estimate of drug-likeness (QED) is 0.881. The number of hydrogen-bond donors (Lipinski definition) is 1. The van der Waals surface area contributed by atoms with Gasteiger partial charge in [0.1, 0.15) is 0 Å². The highest BCUT2D eigenvalue weighted by atomic mass is 35.5. The Labute approximate surface area is 135 Å². The summed E-state index contributed by atoms with van der Waals surface area (Å²) >= 11 is 12.3. The lowest BCUT2D eigenvalue weighted by Crippen LogP contribution is -2.26. The van der Waals surface area contributed by atoms with Crippen LogP contribution in [0.1, 0.15) is 24.1 Å². The second-order valence-corrected chi connectivity index (χ2v) is 5.83. The Morgan fingerprint density at radius 1 is 1.14 bits per heavy atom. The molecule has 0 bridgehead atoms. The maximum Gasteiger partial charge on any atom is 0.0884 e. The van der Waals surface area contributed by atoms with E-state index in [1.165, 1.54) is 0 Å². The van der Waals surface area contributed by atoms with Gasteiger partial charge in [0.25, 0.3) is 0 Å². The third kappa shape index (κ3) is 2.87. The smallest absolute Gasteiger partial charge is 0.0884 e. The van der Waals surface area contributed by atoms with Crippen LogP contribution in [0, 0.1) is 6.20 Å². The molecular formula is C17H15Cl2N2. The van der Waals surface area contributed by atoms with Crippen molar-refractivity contribution in [3.63, 3.8) is 0 Å². The van der Waals surface area contributed by atoms with Crippen LogP contribution in [0.2, 0.25) is 10.0 Å². The molecule has 0 amide bonds. The van der Waals surface area contributed by atoms with E-state index >= 15 is 0 Å². The first-order valence-electron chi connectivity index (χ1n) is 6.79. The number of nitrogens with zero attached hydrogens (tertiary/aromatic N) is 1. The van der Waals surface area contributed by atoms with Gasteiger partial charge in [0, 0.05) is 15.6 Å². The molecule has 1 heterocycles. The van der Waals surface area contributed by atoms with E-state index in [0.29, 0.717) is 16.7 Å². The summed E-state index contributed by atoms with van der Waals surface area (Å²) in [5.41, 5.74) is 3.24. The Morgan fingerprint density at radius 3 is 2.62 bits per heavy atom. The van der Waals surface area contributed by atoms with Gasteiger partial charge < -0.3 is 10.2 Å². The molecule has 4 heteroatoms. The van der Waals surface area contributed by atoms with Gasteiger partial charge in [0.2, 0.25) is 0 Å². The van der Waals surface area contributed by atoms with Crippen molar-refractivity contribution in [1.29, 1.82) is 0 Å². The summed E-state index contributed by atoms with van der Waals surface area (Å²) in [5.74, 6) is 0. The van der Waals surface area contributed by atoms with Gasteiger partial charge in [-0.2, -0.15) is 0 Å². The summed E-state index contributed by atoms with van der Waals surface area (Å²) in [5, 5.41) is 4.51. The molecule has 3 rings (SSSR count). The molecule has 2 aromatic rings. The summed E-state index contributed by atoms with van der Waals surface area (Å²) < 4.78 is 0. The molecule has 107 valence electrons. The van der Waals surface area contributed by atoms with E-state index in [1.807, 2.05) is 30.3 Å². The summed E-state index contributed by atoms with van der Waals surface area (Å²) in [6.45, 7) is 2.84. The lowest BCUT2D eigenvalue weighted by Gasteiger charge is -2.29. The van der Waals surface area contributed by atoms with Crippen LogP contribution in [0.3, 0.4) is 0 Å². The normalized spacial score (nSPS) is 15.6. The first-order chi connectivity index (χ1) is 10.2. The molecule has 21 heavy (non-hydrogen) atoms. The molecule has 1 aliphatic rings. The largest absolute Gasteiger partial charge is 0.364 e. The lowest BCUT2D eigenvalue weighted by molar-refractivity contribution is 0.327. The van der Waals surface area contributed by atoms with Crippen molar-refractivity contribution in [3.8, 4) is 0 Å². The van der Waals surface area contributed by atoms with E-state index in [1.54, 1.807) is 6.07 Å². The van der Waals surface area contributed by atoms with Gasteiger partial charge in [-0.05, 0) is 24.6 Å². The molecule has 1 radical (unpaired) electrons.